The van der Waals surface area contributed by atoms with Gasteiger partial charge in [0, 0.05) is 36.6 Å². The van der Waals surface area contributed by atoms with Crippen molar-refractivity contribution in [1.29, 1.82) is 0 Å². The van der Waals surface area contributed by atoms with Crippen LogP contribution in [0.5, 0.6) is 0 Å². The fourth-order valence-electron chi connectivity index (χ4n) is 2.60. The Morgan fingerprint density at radius 2 is 1.50 bits per heavy atom. The van der Waals surface area contributed by atoms with E-state index in [1.807, 2.05) is 43.5 Å². The van der Waals surface area contributed by atoms with Crippen molar-refractivity contribution < 1.29 is 9.59 Å². The number of carbonyl (C=O) groups is 2. The first-order valence-corrected chi connectivity index (χ1v) is 7.27. The Balaban J connectivity index is 1.85. The Morgan fingerprint density at radius 1 is 0.955 bits per heavy atom. The monoisotopic (exact) mass is 294 g/mol. The summed E-state index contributed by atoms with van der Waals surface area (Å²) in [6.07, 6.45) is 7.50. The maximum atomic E-state index is 12.4. The molecule has 0 spiro atoms. The first-order valence-electron chi connectivity index (χ1n) is 7.27. The van der Waals surface area contributed by atoms with Gasteiger partial charge in [0.25, 0.3) is 0 Å². The van der Waals surface area contributed by atoms with Crippen LogP contribution in [-0.4, -0.2) is 48.6 Å². The van der Waals surface area contributed by atoms with Crippen LogP contribution in [0.15, 0.2) is 60.0 Å². The molecule has 1 heterocycles. The molecule has 0 unspecified atom stereocenters. The van der Waals surface area contributed by atoms with Crippen molar-refractivity contribution >= 4 is 11.6 Å². The molecule has 1 aromatic rings. The van der Waals surface area contributed by atoms with E-state index < -0.39 is 0 Å². The minimum atomic E-state index is -0.174. The van der Waals surface area contributed by atoms with Crippen molar-refractivity contribution in [2.24, 2.45) is 0 Å². The van der Waals surface area contributed by atoms with Crippen molar-refractivity contribution in [2.45, 2.75) is 0 Å². The molecule has 0 N–H and O–H groups in total. The van der Waals surface area contributed by atoms with Crippen LogP contribution in [0.3, 0.4) is 0 Å². The van der Waals surface area contributed by atoms with Gasteiger partial charge in [0.15, 0.2) is 11.6 Å². The van der Waals surface area contributed by atoms with E-state index in [0.717, 1.165) is 13.1 Å². The van der Waals surface area contributed by atoms with Crippen molar-refractivity contribution in [2.75, 3.05) is 27.2 Å². The second kappa shape index (κ2) is 5.73. The van der Waals surface area contributed by atoms with Crippen LogP contribution in [0.2, 0.25) is 0 Å². The van der Waals surface area contributed by atoms with Crippen molar-refractivity contribution in [3.8, 4) is 0 Å². The topological polar surface area (TPSA) is 40.6 Å². The van der Waals surface area contributed by atoms with Gasteiger partial charge >= 0.3 is 0 Å². The van der Waals surface area contributed by atoms with Gasteiger partial charge in [-0.15, -0.1) is 0 Å². The third-order valence-electron chi connectivity index (χ3n) is 3.86. The van der Waals surface area contributed by atoms with E-state index in [9.17, 15) is 9.59 Å². The van der Waals surface area contributed by atoms with Crippen LogP contribution in [0.25, 0.3) is 0 Å². The van der Waals surface area contributed by atoms with Gasteiger partial charge in [-0.05, 0) is 31.8 Å². The molecule has 0 bridgehead atoms. The van der Waals surface area contributed by atoms with Crippen LogP contribution in [0.4, 0.5) is 0 Å². The second-order valence-electron chi connectivity index (χ2n) is 5.71. The molecule has 4 heteroatoms. The molecule has 0 amide bonds. The molecule has 1 aliphatic heterocycles. The lowest BCUT2D eigenvalue weighted by Gasteiger charge is -2.21. The summed E-state index contributed by atoms with van der Waals surface area (Å²) in [6, 6.07) is 6.99. The zero-order chi connectivity index (χ0) is 15.7. The fraction of sp³-hybridized carbons (Fsp3) is 0.222. The Labute approximate surface area is 130 Å². The van der Waals surface area contributed by atoms with E-state index in [1.54, 1.807) is 24.3 Å². The van der Waals surface area contributed by atoms with E-state index in [2.05, 4.69) is 4.90 Å². The number of ketones is 2. The summed E-state index contributed by atoms with van der Waals surface area (Å²) < 4.78 is 0. The van der Waals surface area contributed by atoms with Gasteiger partial charge in [0.2, 0.25) is 0 Å². The molecular weight excluding hydrogens is 276 g/mol. The predicted molar refractivity (Wildman–Crippen MR) is 85.7 cm³/mol. The number of likely N-dealkylation sites (N-methyl/N-ethyl adjacent to an activating group) is 1. The van der Waals surface area contributed by atoms with Gasteiger partial charge in [0.05, 0.1) is 5.57 Å². The van der Waals surface area contributed by atoms with Gasteiger partial charge in [0.1, 0.15) is 0 Å². The third-order valence-corrected chi connectivity index (χ3v) is 3.86. The summed E-state index contributed by atoms with van der Waals surface area (Å²) in [6.45, 7) is 1.80. The van der Waals surface area contributed by atoms with Crippen LogP contribution in [-0.2, 0) is 0 Å². The molecule has 0 saturated carbocycles. The summed E-state index contributed by atoms with van der Waals surface area (Å²) in [7, 11) is 4.05. The number of benzene rings is 1. The standard InChI is InChI=1S/C18H18N2O2/c1-19(2)11-12-20-9-7-13(8-10-20)16-17(21)14-5-3-4-6-15(14)18(16)22/h3-10H,11-12H2,1-2H3. The molecule has 0 fully saturated rings. The Hall–Kier alpha value is -2.46. The number of nitrogens with zero attached hydrogens (tertiary/aromatic N) is 2. The van der Waals surface area contributed by atoms with Crippen LogP contribution in [0, 0.1) is 0 Å². The van der Waals surface area contributed by atoms with E-state index in [4.69, 9.17) is 0 Å². The first kappa shape index (κ1) is 14.5. The third kappa shape index (κ3) is 2.53. The van der Waals surface area contributed by atoms with Crippen molar-refractivity contribution in [1.82, 2.24) is 9.80 Å². The lowest BCUT2D eigenvalue weighted by atomic mass is 10.0. The summed E-state index contributed by atoms with van der Waals surface area (Å²) >= 11 is 0. The molecule has 22 heavy (non-hydrogen) atoms. The zero-order valence-corrected chi connectivity index (χ0v) is 12.7. The number of carbonyl (C=O) groups excluding carboxylic acids is 2. The van der Waals surface area contributed by atoms with Gasteiger partial charge in [-0.25, -0.2) is 0 Å². The fourth-order valence-corrected chi connectivity index (χ4v) is 2.60. The van der Waals surface area contributed by atoms with Gasteiger partial charge in [-0.2, -0.15) is 0 Å². The highest BCUT2D eigenvalue weighted by atomic mass is 16.2. The van der Waals surface area contributed by atoms with E-state index >= 15 is 0 Å². The molecular formula is C18H18N2O2. The molecule has 0 aromatic heterocycles. The Kier molecular flexibility index (Phi) is 3.77. The summed E-state index contributed by atoms with van der Waals surface area (Å²) in [5.41, 5.74) is 1.98. The van der Waals surface area contributed by atoms with Crippen LogP contribution >= 0.6 is 0 Å². The lowest BCUT2D eigenvalue weighted by Crippen LogP contribution is -2.25. The number of allylic oxidation sites excluding steroid dienone is 4. The SMILES string of the molecule is CN(C)CCN1C=CC(=C2C(=O)c3ccccc3C2=O)C=C1. The molecule has 0 atom stereocenters. The molecule has 1 aromatic carbocycles. The molecule has 2 aliphatic rings. The first-order chi connectivity index (χ1) is 10.6. The molecule has 112 valence electrons. The number of hydrogen-bond acceptors (Lipinski definition) is 4. The highest BCUT2D eigenvalue weighted by molar-refractivity contribution is 6.40. The molecule has 0 radical (unpaired) electrons. The highest BCUT2D eigenvalue weighted by Crippen LogP contribution is 2.30. The highest BCUT2D eigenvalue weighted by Gasteiger charge is 2.34. The predicted octanol–water partition coefficient (Wildman–Crippen LogP) is 2.27. The lowest BCUT2D eigenvalue weighted by molar-refractivity contribution is 0.0988. The zero-order valence-electron chi connectivity index (χ0n) is 12.7. The average Bonchev–Trinajstić information content (AvgIpc) is 2.78. The molecule has 3 rings (SSSR count). The normalized spacial score (nSPS) is 17.0. The summed E-state index contributed by atoms with van der Waals surface area (Å²) in [5, 5.41) is 0. The van der Waals surface area contributed by atoms with Crippen molar-refractivity contribution in [3.05, 3.63) is 71.1 Å². The number of fused-ring (bicyclic) bond motifs is 1. The minimum Gasteiger partial charge on any atom is -0.353 e. The van der Waals surface area contributed by atoms with Gasteiger partial charge in [-0.1, -0.05) is 24.3 Å². The second-order valence-corrected chi connectivity index (χ2v) is 5.71. The maximum Gasteiger partial charge on any atom is 0.198 e. The average molecular weight is 294 g/mol. The van der Waals surface area contributed by atoms with Crippen LogP contribution in [0.1, 0.15) is 20.7 Å². The van der Waals surface area contributed by atoms with Gasteiger partial charge < -0.3 is 9.80 Å². The van der Waals surface area contributed by atoms with Crippen LogP contribution < -0.4 is 0 Å². The summed E-state index contributed by atoms with van der Waals surface area (Å²) in [4.78, 5) is 29.0. The smallest absolute Gasteiger partial charge is 0.198 e. The molecule has 4 nitrogen and oxygen atoms in total. The number of Topliss-reactive ketones (excluding diaryl/α,β-unsaturated/α-hetero) is 2. The quantitative estimate of drug-likeness (QED) is 0.633. The molecule has 1 aliphatic carbocycles. The maximum absolute atomic E-state index is 12.4. The van der Waals surface area contributed by atoms with E-state index in [0.29, 0.717) is 16.7 Å². The number of hydrogen-bond donors (Lipinski definition) is 0. The van der Waals surface area contributed by atoms with E-state index in [1.165, 1.54) is 0 Å². The Morgan fingerprint density at radius 3 is 2.00 bits per heavy atom. The molecule has 0 saturated heterocycles. The number of rotatable bonds is 3. The summed E-state index contributed by atoms with van der Waals surface area (Å²) in [5.74, 6) is -0.349. The Bertz CT molecular complexity index is 673. The van der Waals surface area contributed by atoms with E-state index in [-0.39, 0.29) is 17.1 Å². The largest absolute Gasteiger partial charge is 0.353 e. The van der Waals surface area contributed by atoms with Gasteiger partial charge in [-0.3, -0.25) is 9.59 Å². The minimum absolute atomic E-state index is 0.174. The van der Waals surface area contributed by atoms with Crippen molar-refractivity contribution in [3.63, 3.8) is 0 Å².